The van der Waals surface area contributed by atoms with Crippen LogP contribution in [0.1, 0.15) is 38.5 Å². The molecule has 1 N–H and O–H groups in total. The Morgan fingerprint density at radius 2 is 2.39 bits per heavy atom. The lowest BCUT2D eigenvalue weighted by Crippen LogP contribution is -2.32. The van der Waals surface area contributed by atoms with Crippen molar-refractivity contribution in [3.8, 4) is 0 Å². The molecule has 100 valence electrons. The van der Waals surface area contributed by atoms with E-state index < -0.39 is 6.10 Å². The lowest BCUT2D eigenvalue weighted by molar-refractivity contribution is 0.115. The first-order chi connectivity index (χ1) is 8.70. The van der Waals surface area contributed by atoms with Crippen LogP contribution in [-0.2, 0) is 4.74 Å². The van der Waals surface area contributed by atoms with Gasteiger partial charge in [-0.3, -0.25) is 4.98 Å². The van der Waals surface area contributed by atoms with Crippen LogP contribution in [-0.4, -0.2) is 35.9 Å². The van der Waals surface area contributed by atoms with Crippen LogP contribution in [0.2, 0.25) is 0 Å². The third-order valence-corrected chi connectivity index (χ3v) is 3.39. The number of pyridine rings is 1. The molecule has 4 nitrogen and oxygen atoms in total. The molecule has 2 heterocycles. The van der Waals surface area contributed by atoms with E-state index in [4.69, 9.17) is 4.74 Å². The fraction of sp³-hybridized carbons (Fsp3) is 0.643. The van der Waals surface area contributed by atoms with E-state index in [0.29, 0.717) is 11.8 Å². The third-order valence-electron chi connectivity index (χ3n) is 3.39. The van der Waals surface area contributed by atoms with E-state index in [2.05, 4.69) is 16.8 Å². The number of ether oxygens (including phenoxy) is 1. The lowest BCUT2D eigenvalue weighted by atomic mass is 10.2. The number of hydrogen-bond donors (Lipinski definition) is 1. The monoisotopic (exact) mass is 250 g/mol. The number of nitrogens with zero attached hydrogens (tertiary/aromatic N) is 2. The molecule has 1 aromatic heterocycles. The molecule has 4 heteroatoms. The average molecular weight is 250 g/mol. The van der Waals surface area contributed by atoms with Gasteiger partial charge in [0.25, 0.3) is 0 Å². The molecule has 0 aromatic carbocycles. The first-order valence-electron chi connectivity index (χ1n) is 6.71. The van der Waals surface area contributed by atoms with E-state index in [1.807, 2.05) is 18.3 Å². The lowest BCUT2D eigenvalue weighted by Gasteiger charge is -2.25. The molecule has 0 radical (unpaired) electrons. The number of likely N-dealkylation sites (N-methyl/N-ethyl adjacent to an activating group) is 1. The summed E-state index contributed by atoms with van der Waals surface area (Å²) in [6, 6.07) is 3.91. The Hall–Kier alpha value is -1.13. The summed E-state index contributed by atoms with van der Waals surface area (Å²) in [4.78, 5) is 6.56. The first kappa shape index (κ1) is 13.3. The fourth-order valence-corrected chi connectivity index (χ4v) is 2.28. The zero-order valence-corrected chi connectivity index (χ0v) is 11.2. The van der Waals surface area contributed by atoms with E-state index in [9.17, 15) is 5.11 Å². The summed E-state index contributed by atoms with van der Waals surface area (Å²) < 4.78 is 5.67. The standard InChI is InChI=1S/C14H22N2O2/c1-3-16(10-13-5-4-8-18-13)12-6-7-14(11(2)17)15-9-12/h6-7,9,11,13,17H,3-5,8,10H2,1-2H3. The second kappa shape index (κ2) is 6.16. The second-order valence-electron chi connectivity index (χ2n) is 4.79. The molecule has 1 aliphatic heterocycles. The SMILES string of the molecule is CCN(CC1CCCO1)c1ccc(C(C)O)nc1. The summed E-state index contributed by atoms with van der Waals surface area (Å²) in [5.74, 6) is 0. The summed E-state index contributed by atoms with van der Waals surface area (Å²) in [6.45, 7) is 6.62. The van der Waals surface area contributed by atoms with Crippen molar-refractivity contribution >= 4 is 5.69 Å². The minimum Gasteiger partial charge on any atom is -0.387 e. The molecule has 1 aromatic rings. The molecule has 1 fully saturated rings. The summed E-state index contributed by atoms with van der Waals surface area (Å²) in [6.07, 6.45) is 3.99. The predicted molar refractivity (Wildman–Crippen MR) is 71.7 cm³/mol. The first-order valence-corrected chi connectivity index (χ1v) is 6.71. The van der Waals surface area contributed by atoms with E-state index in [-0.39, 0.29) is 0 Å². The number of hydrogen-bond acceptors (Lipinski definition) is 4. The largest absolute Gasteiger partial charge is 0.387 e. The van der Waals surface area contributed by atoms with Crippen LogP contribution in [0.15, 0.2) is 18.3 Å². The van der Waals surface area contributed by atoms with E-state index in [1.165, 1.54) is 6.42 Å². The highest BCUT2D eigenvalue weighted by atomic mass is 16.5. The van der Waals surface area contributed by atoms with Crippen molar-refractivity contribution in [1.29, 1.82) is 0 Å². The summed E-state index contributed by atoms with van der Waals surface area (Å²) in [7, 11) is 0. The number of aliphatic hydroxyl groups excluding tert-OH is 1. The van der Waals surface area contributed by atoms with Gasteiger partial charge in [0.15, 0.2) is 0 Å². The maximum atomic E-state index is 9.44. The van der Waals surface area contributed by atoms with Crippen molar-refractivity contribution in [3.63, 3.8) is 0 Å². The van der Waals surface area contributed by atoms with Crippen LogP contribution in [0.3, 0.4) is 0 Å². The maximum absolute atomic E-state index is 9.44. The number of rotatable bonds is 5. The highest BCUT2D eigenvalue weighted by Crippen LogP contribution is 2.19. The Morgan fingerprint density at radius 3 is 2.89 bits per heavy atom. The van der Waals surface area contributed by atoms with Gasteiger partial charge in [-0.25, -0.2) is 0 Å². The molecule has 0 saturated carbocycles. The van der Waals surface area contributed by atoms with Gasteiger partial charge in [-0.05, 0) is 38.8 Å². The molecule has 0 bridgehead atoms. The maximum Gasteiger partial charge on any atom is 0.0931 e. The quantitative estimate of drug-likeness (QED) is 0.869. The van der Waals surface area contributed by atoms with Crippen molar-refractivity contribution in [3.05, 3.63) is 24.0 Å². The van der Waals surface area contributed by atoms with Crippen LogP contribution in [0.5, 0.6) is 0 Å². The van der Waals surface area contributed by atoms with E-state index in [0.717, 1.165) is 31.8 Å². The highest BCUT2D eigenvalue weighted by molar-refractivity contribution is 5.44. The van der Waals surface area contributed by atoms with Crippen molar-refractivity contribution in [1.82, 2.24) is 4.98 Å². The van der Waals surface area contributed by atoms with Gasteiger partial charge >= 0.3 is 0 Å². The minimum atomic E-state index is -0.507. The Morgan fingerprint density at radius 1 is 1.56 bits per heavy atom. The number of anilines is 1. The highest BCUT2D eigenvalue weighted by Gasteiger charge is 2.19. The van der Waals surface area contributed by atoms with Crippen LogP contribution in [0.4, 0.5) is 5.69 Å². The van der Waals surface area contributed by atoms with Gasteiger partial charge in [0.1, 0.15) is 0 Å². The van der Waals surface area contributed by atoms with Crippen LogP contribution >= 0.6 is 0 Å². The van der Waals surface area contributed by atoms with Crippen LogP contribution < -0.4 is 4.90 Å². The Kier molecular flexibility index (Phi) is 4.55. The smallest absolute Gasteiger partial charge is 0.0931 e. The zero-order valence-electron chi connectivity index (χ0n) is 11.2. The average Bonchev–Trinajstić information content (AvgIpc) is 2.89. The van der Waals surface area contributed by atoms with Crippen molar-refractivity contribution in [2.45, 2.75) is 38.9 Å². The van der Waals surface area contributed by atoms with Gasteiger partial charge in [0.2, 0.25) is 0 Å². The topological polar surface area (TPSA) is 45.6 Å². The van der Waals surface area contributed by atoms with Crippen LogP contribution in [0, 0.1) is 0 Å². The van der Waals surface area contributed by atoms with Crippen molar-refractivity contribution in [2.75, 3.05) is 24.6 Å². The zero-order chi connectivity index (χ0) is 13.0. The molecule has 0 aliphatic carbocycles. The van der Waals surface area contributed by atoms with Gasteiger partial charge in [0, 0.05) is 19.7 Å². The van der Waals surface area contributed by atoms with Gasteiger partial charge in [-0.1, -0.05) is 0 Å². The Bertz CT molecular complexity index is 359. The van der Waals surface area contributed by atoms with E-state index in [1.54, 1.807) is 6.92 Å². The molecule has 2 atom stereocenters. The molecular weight excluding hydrogens is 228 g/mol. The van der Waals surface area contributed by atoms with Crippen LogP contribution in [0.25, 0.3) is 0 Å². The van der Waals surface area contributed by atoms with E-state index >= 15 is 0 Å². The second-order valence-corrected chi connectivity index (χ2v) is 4.79. The number of aliphatic hydroxyl groups is 1. The molecule has 2 rings (SSSR count). The predicted octanol–water partition coefficient (Wildman–Crippen LogP) is 2.14. The van der Waals surface area contributed by atoms with Gasteiger partial charge in [-0.15, -0.1) is 0 Å². The summed E-state index contributed by atoms with van der Waals surface area (Å²) >= 11 is 0. The third kappa shape index (κ3) is 3.21. The molecule has 0 spiro atoms. The Balaban J connectivity index is 2.02. The molecular formula is C14H22N2O2. The van der Waals surface area contributed by atoms with Crippen molar-refractivity contribution < 1.29 is 9.84 Å². The minimum absolute atomic E-state index is 0.349. The van der Waals surface area contributed by atoms with Gasteiger partial charge < -0.3 is 14.7 Å². The molecule has 18 heavy (non-hydrogen) atoms. The van der Waals surface area contributed by atoms with Gasteiger partial charge in [-0.2, -0.15) is 0 Å². The molecule has 1 aliphatic rings. The summed E-state index contributed by atoms with van der Waals surface area (Å²) in [5, 5.41) is 9.44. The summed E-state index contributed by atoms with van der Waals surface area (Å²) in [5.41, 5.74) is 1.81. The molecule has 0 amide bonds. The normalized spacial score (nSPS) is 20.9. The van der Waals surface area contributed by atoms with Gasteiger partial charge in [0.05, 0.1) is 29.8 Å². The molecule has 2 unspecified atom stereocenters. The molecule has 1 saturated heterocycles. The van der Waals surface area contributed by atoms with Crippen molar-refractivity contribution in [2.24, 2.45) is 0 Å². The number of aromatic nitrogens is 1. The fourth-order valence-electron chi connectivity index (χ4n) is 2.28. The Labute approximate surface area is 109 Å².